The molecule has 1 saturated heterocycles. The first-order chi connectivity index (χ1) is 16.5. The summed E-state index contributed by atoms with van der Waals surface area (Å²) in [6.45, 7) is 2.96. The topological polar surface area (TPSA) is 94.2 Å². The number of ether oxygens (including phenoxy) is 1. The number of benzene rings is 1. The number of aromatic nitrogens is 6. The lowest BCUT2D eigenvalue weighted by molar-refractivity contribution is 0.143. The monoisotopic (exact) mass is 502 g/mol. The van der Waals surface area contributed by atoms with Gasteiger partial charge in [-0.2, -0.15) is 0 Å². The molecule has 2 aromatic heterocycles. The zero-order valence-electron chi connectivity index (χ0n) is 19.7. The van der Waals surface area contributed by atoms with Crippen LogP contribution in [0.1, 0.15) is 18.4 Å². The number of carbonyl (C=O) groups excluding carboxylic acids is 1. The highest BCUT2D eigenvalue weighted by atomic mass is 32.2. The Morgan fingerprint density at radius 1 is 1.18 bits per heavy atom. The van der Waals surface area contributed by atoms with Crippen LogP contribution in [0.15, 0.2) is 47.0 Å². The van der Waals surface area contributed by atoms with E-state index in [1.807, 2.05) is 60.9 Å². The van der Waals surface area contributed by atoms with Crippen molar-refractivity contribution in [2.24, 2.45) is 7.05 Å². The number of piperidine rings is 1. The van der Waals surface area contributed by atoms with Crippen LogP contribution in [0.3, 0.4) is 0 Å². The first-order valence-electron chi connectivity index (χ1n) is 11.2. The number of likely N-dealkylation sites (N-methyl/N-ethyl adjacent to an activating group) is 1. The van der Waals surface area contributed by atoms with Gasteiger partial charge in [-0.3, -0.25) is 0 Å². The molecule has 1 aliphatic heterocycles. The van der Waals surface area contributed by atoms with E-state index >= 15 is 0 Å². The quantitative estimate of drug-likeness (QED) is 0.409. The highest BCUT2D eigenvalue weighted by Gasteiger charge is 2.26. The van der Waals surface area contributed by atoms with Gasteiger partial charge in [-0.15, -0.1) is 5.10 Å². The number of aryl methyl sites for hydroxylation is 1. The predicted molar refractivity (Wildman–Crippen MR) is 132 cm³/mol. The van der Waals surface area contributed by atoms with Crippen molar-refractivity contribution in [2.45, 2.75) is 40.7 Å². The maximum atomic E-state index is 12.6. The summed E-state index contributed by atoms with van der Waals surface area (Å²) < 4.78 is 9.46. The van der Waals surface area contributed by atoms with Crippen molar-refractivity contribution in [3.05, 3.63) is 42.2 Å². The van der Waals surface area contributed by atoms with E-state index in [1.54, 1.807) is 34.6 Å². The van der Waals surface area contributed by atoms with Crippen LogP contribution in [0.4, 0.5) is 4.79 Å². The van der Waals surface area contributed by atoms with Gasteiger partial charge in [0, 0.05) is 50.1 Å². The Balaban J connectivity index is 1.21. The summed E-state index contributed by atoms with van der Waals surface area (Å²) in [4.78, 5) is 20.8. The molecule has 182 valence electrons. The minimum Gasteiger partial charge on any atom is -0.410 e. The highest BCUT2D eigenvalue weighted by molar-refractivity contribution is 7.99. The third-order valence-electron chi connectivity index (χ3n) is 5.50. The summed E-state index contributed by atoms with van der Waals surface area (Å²) in [5.74, 6) is 1.37. The van der Waals surface area contributed by atoms with E-state index in [9.17, 15) is 4.79 Å². The molecule has 0 radical (unpaired) electrons. The zero-order valence-corrected chi connectivity index (χ0v) is 21.3. The number of tetrazole rings is 1. The van der Waals surface area contributed by atoms with Crippen molar-refractivity contribution in [3.8, 4) is 5.75 Å². The molecule has 0 N–H and O–H groups in total. The van der Waals surface area contributed by atoms with Crippen molar-refractivity contribution in [3.63, 3.8) is 0 Å². The van der Waals surface area contributed by atoms with Crippen molar-refractivity contribution < 1.29 is 9.53 Å². The Bertz CT molecular complexity index is 1060. The second-order valence-electron chi connectivity index (χ2n) is 8.41. The number of carbonyl (C=O) groups is 1. The van der Waals surface area contributed by atoms with E-state index in [4.69, 9.17) is 4.74 Å². The number of thioether (sulfide) groups is 2. The molecule has 10 nitrogen and oxygen atoms in total. The molecule has 0 unspecified atom stereocenters. The van der Waals surface area contributed by atoms with Gasteiger partial charge in [-0.05, 0) is 55.1 Å². The fourth-order valence-corrected chi connectivity index (χ4v) is 5.45. The van der Waals surface area contributed by atoms with E-state index in [1.165, 1.54) is 0 Å². The lowest BCUT2D eigenvalue weighted by Crippen LogP contribution is -2.41. The zero-order chi connectivity index (χ0) is 23.9. The molecule has 0 bridgehead atoms. The molecule has 1 aromatic carbocycles. The molecular formula is C22H30N8O2S2. The molecule has 34 heavy (non-hydrogen) atoms. The van der Waals surface area contributed by atoms with Crippen LogP contribution in [0.5, 0.6) is 5.75 Å². The summed E-state index contributed by atoms with van der Waals surface area (Å²) in [6, 6.07) is 7.68. The van der Waals surface area contributed by atoms with Gasteiger partial charge < -0.3 is 19.1 Å². The first kappa shape index (κ1) is 24.6. The van der Waals surface area contributed by atoms with Crippen molar-refractivity contribution in [2.75, 3.05) is 33.7 Å². The second kappa shape index (κ2) is 11.7. The third-order valence-corrected chi connectivity index (χ3v) is 7.94. The minimum absolute atomic E-state index is 0.297. The van der Waals surface area contributed by atoms with Gasteiger partial charge >= 0.3 is 6.09 Å². The van der Waals surface area contributed by atoms with Crippen LogP contribution in [-0.4, -0.2) is 84.6 Å². The average Bonchev–Trinajstić information content (AvgIpc) is 3.46. The molecule has 1 aliphatic rings. The summed E-state index contributed by atoms with van der Waals surface area (Å²) >= 11 is 3.37. The number of amides is 1. The van der Waals surface area contributed by atoms with Gasteiger partial charge in [0.25, 0.3) is 0 Å². The van der Waals surface area contributed by atoms with E-state index in [0.29, 0.717) is 24.1 Å². The molecule has 0 saturated carbocycles. The fourth-order valence-electron chi connectivity index (χ4n) is 3.48. The minimum atomic E-state index is -0.297. The van der Waals surface area contributed by atoms with Gasteiger partial charge in [-0.1, -0.05) is 35.7 Å². The van der Waals surface area contributed by atoms with E-state index < -0.39 is 0 Å². The first-order valence-corrected chi connectivity index (χ1v) is 13.1. The fraction of sp³-hybridized carbons (Fsp3) is 0.500. The summed E-state index contributed by atoms with van der Waals surface area (Å²) in [5.41, 5.74) is 1.15. The number of hydrogen-bond donors (Lipinski definition) is 0. The van der Waals surface area contributed by atoms with Gasteiger partial charge in [0.05, 0.1) is 6.54 Å². The third kappa shape index (κ3) is 6.73. The largest absolute Gasteiger partial charge is 0.415 e. The van der Waals surface area contributed by atoms with Gasteiger partial charge in [0.1, 0.15) is 5.75 Å². The summed E-state index contributed by atoms with van der Waals surface area (Å²) in [7, 11) is 6.04. The van der Waals surface area contributed by atoms with Crippen molar-refractivity contribution in [1.29, 1.82) is 0 Å². The van der Waals surface area contributed by atoms with Crippen molar-refractivity contribution in [1.82, 2.24) is 39.6 Å². The number of nitrogens with zero attached hydrogens (tertiary/aromatic N) is 8. The standard InChI is InChI=1S/C22H30N8O2S2/c1-27(2)14-15-30-21(24-25-26-30)34-19-8-11-29(12-9-19)22(31)32-18-6-4-17(5-7-18)16-33-20-23-10-13-28(20)3/h4-7,10,13,19H,8-9,11-12,14-16H2,1-3H3. The average molecular weight is 503 g/mol. The SMILES string of the molecule is CN(C)CCn1nnnc1SC1CCN(C(=O)Oc2ccc(CSc3nccn3C)cc2)CC1. The number of rotatable bonds is 9. The Morgan fingerprint density at radius 3 is 2.62 bits per heavy atom. The number of imidazole rings is 1. The normalized spacial score (nSPS) is 14.6. The van der Waals surface area contributed by atoms with E-state index in [-0.39, 0.29) is 6.09 Å². The van der Waals surface area contributed by atoms with Crippen LogP contribution < -0.4 is 4.74 Å². The maximum absolute atomic E-state index is 12.6. The Labute approximate surface area is 208 Å². The van der Waals surface area contributed by atoms with E-state index in [2.05, 4.69) is 25.4 Å². The van der Waals surface area contributed by atoms with Crippen molar-refractivity contribution >= 4 is 29.6 Å². The molecule has 3 aromatic rings. The number of likely N-dealkylation sites (tertiary alicyclic amines) is 1. The van der Waals surface area contributed by atoms with Crippen LogP contribution >= 0.6 is 23.5 Å². The molecule has 12 heteroatoms. The van der Waals surface area contributed by atoms with Gasteiger partial charge in [0.2, 0.25) is 5.16 Å². The molecule has 1 fully saturated rings. The maximum Gasteiger partial charge on any atom is 0.415 e. The van der Waals surface area contributed by atoms with E-state index in [0.717, 1.165) is 47.6 Å². The molecule has 0 atom stereocenters. The lowest BCUT2D eigenvalue weighted by Gasteiger charge is -2.30. The van der Waals surface area contributed by atoms with Gasteiger partial charge in [0.15, 0.2) is 5.16 Å². The Hall–Kier alpha value is -2.57. The lowest BCUT2D eigenvalue weighted by atomic mass is 10.1. The van der Waals surface area contributed by atoms with Crippen LogP contribution in [0, 0.1) is 0 Å². The molecule has 4 rings (SSSR count). The highest BCUT2D eigenvalue weighted by Crippen LogP contribution is 2.29. The smallest absolute Gasteiger partial charge is 0.410 e. The summed E-state index contributed by atoms with van der Waals surface area (Å²) in [5, 5.41) is 14.3. The molecular weight excluding hydrogens is 472 g/mol. The molecule has 1 amide bonds. The molecule has 0 spiro atoms. The second-order valence-corrected chi connectivity index (χ2v) is 10.6. The van der Waals surface area contributed by atoms with Crippen LogP contribution in [0.2, 0.25) is 0 Å². The van der Waals surface area contributed by atoms with Crippen LogP contribution in [0.25, 0.3) is 0 Å². The summed E-state index contributed by atoms with van der Waals surface area (Å²) in [6.07, 6.45) is 5.19. The Morgan fingerprint density at radius 2 is 1.94 bits per heavy atom. The molecule has 3 heterocycles. The van der Waals surface area contributed by atoms with Gasteiger partial charge in [-0.25, -0.2) is 14.5 Å². The predicted octanol–water partition coefficient (Wildman–Crippen LogP) is 3.02. The van der Waals surface area contributed by atoms with Crippen LogP contribution in [-0.2, 0) is 19.3 Å². The number of hydrogen-bond acceptors (Lipinski definition) is 9. The molecule has 0 aliphatic carbocycles. The Kier molecular flexibility index (Phi) is 8.46.